The van der Waals surface area contributed by atoms with Crippen molar-refractivity contribution in [3.63, 3.8) is 0 Å². The molecular weight excluding hydrogens is 334 g/mol. The Balaban J connectivity index is 1.52. The summed E-state index contributed by atoms with van der Waals surface area (Å²) in [6.07, 6.45) is 9.22. The maximum absolute atomic E-state index is 11.4. The summed E-state index contributed by atoms with van der Waals surface area (Å²) in [5.41, 5.74) is 2.74. The van der Waals surface area contributed by atoms with E-state index in [2.05, 4.69) is 48.1 Å². The molecule has 27 heavy (non-hydrogen) atoms. The van der Waals surface area contributed by atoms with Crippen LogP contribution < -0.4 is 4.74 Å². The number of piperidine rings is 1. The highest BCUT2D eigenvalue weighted by atomic mass is 16.5. The van der Waals surface area contributed by atoms with E-state index in [1.165, 1.54) is 11.1 Å². The average Bonchev–Trinajstić information content (AvgIpc) is 2.91. The van der Waals surface area contributed by atoms with E-state index >= 15 is 0 Å². The fraction of sp³-hybridized carbons (Fsp3) is 0.417. The van der Waals surface area contributed by atoms with E-state index in [9.17, 15) is 5.11 Å². The van der Waals surface area contributed by atoms with E-state index in [1.54, 1.807) is 0 Å². The highest BCUT2D eigenvalue weighted by Gasteiger charge is 2.48. The number of fused-ring (bicyclic) bond motifs is 2. The first kappa shape index (κ1) is 18.1. The molecule has 2 aromatic rings. The summed E-state index contributed by atoms with van der Waals surface area (Å²) >= 11 is 0. The number of aryl methyl sites for hydroxylation is 1. The van der Waals surface area contributed by atoms with Gasteiger partial charge in [-0.1, -0.05) is 53.9 Å². The van der Waals surface area contributed by atoms with Gasteiger partial charge in [-0.05, 0) is 44.2 Å². The second-order valence-electron chi connectivity index (χ2n) is 7.96. The lowest BCUT2D eigenvalue weighted by molar-refractivity contribution is -0.0596. The monoisotopic (exact) mass is 361 g/mol. The molecule has 2 aliphatic rings. The minimum absolute atomic E-state index is 0.289. The van der Waals surface area contributed by atoms with Gasteiger partial charge in [0.15, 0.2) is 0 Å². The Morgan fingerprint density at radius 2 is 1.78 bits per heavy atom. The lowest BCUT2D eigenvalue weighted by Gasteiger charge is -2.44. The van der Waals surface area contributed by atoms with Crippen LogP contribution in [0.5, 0.6) is 5.75 Å². The lowest BCUT2D eigenvalue weighted by Crippen LogP contribution is -2.49. The van der Waals surface area contributed by atoms with Gasteiger partial charge in [0.1, 0.15) is 12.4 Å². The molecule has 2 aromatic carbocycles. The van der Waals surface area contributed by atoms with E-state index in [4.69, 9.17) is 11.2 Å². The highest BCUT2D eigenvalue weighted by molar-refractivity contribution is 5.34. The molecule has 3 nitrogen and oxygen atoms in total. The number of hydrogen-bond donors (Lipinski definition) is 1. The van der Waals surface area contributed by atoms with Gasteiger partial charge in [0.25, 0.3) is 0 Å². The fourth-order valence-corrected chi connectivity index (χ4v) is 4.77. The molecule has 0 unspecified atom stereocenters. The molecule has 2 fully saturated rings. The van der Waals surface area contributed by atoms with Crippen LogP contribution in [0.1, 0.15) is 42.4 Å². The topological polar surface area (TPSA) is 32.7 Å². The maximum atomic E-state index is 11.4. The van der Waals surface area contributed by atoms with Crippen molar-refractivity contribution in [1.82, 2.24) is 4.90 Å². The minimum Gasteiger partial charge on any atom is -0.481 e. The van der Waals surface area contributed by atoms with Crippen molar-refractivity contribution in [1.29, 1.82) is 0 Å². The van der Waals surface area contributed by atoms with E-state index in [1.807, 2.05) is 18.2 Å². The van der Waals surface area contributed by atoms with Crippen LogP contribution in [0.3, 0.4) is 0 Å². The van der Waals surface area contributed by atoms with Crippen LogP contribution in [0.15, 0.2) is 48.5 Å². The summed E-state index contributed by atoms with van der Waals surface area (Å²) in [5, 5.41) is 11.4. The zero-order valence-corrected chi connectivity index (χ0v) is 15.9. The second-order valence-corrected chi connectivity index (χ2v) is 7.96. The van der Waals surface area contributed by atoms with Crippen LogP contribution in [0.2, 0.25) is 0 Å². The Morgan fingerprint density at radius 1 is 1.11 bits per heavy atom. The average molecular weight is 361 g/mol. The third kappa shape index (κ3) is 3.60. The molecule has 140 valence electrons. The third-order valence-electron chi connectivity index (χ3n) is 6.14. The van der Waals surface area contributed by atoms with Crippen LogP contribution >= 0.6 is 0 Å². The van der Waals surface area contributed by atoms with Crippen LogP contribution in [0, 0.1) is 19.3 Å². The summed E-state index contributed by atoms with van der Waals surface area (Å²) in [6.45, 7) is 3.22. The van der Waals surface area contributed by atoms with Gasteiger partial charge in [-0.25, -0.2) is 0 Å². The Kier molecular flexibility index (Phi) is 4.95. The molecule has 0 aromatic heterocycles. The molecule has 2 atom stereocenters. The number of benzene rings is 2. The van der Waals surface area contributed by atoms with Gasteiger partial charge in [-0.15, -0.1) is 6.42 Å². The van der Waals surface area contributed by atoms with Gasteiger partial charge in [0.2, 0.25) is 0 Å². The second kappa shape index (κ2) is 7.38. The van der Waals surface area contributed by atoms with Crippen LogP contribution in [0.25, 0.3) is 0 Å². The minimum atomic E-state index is -0.713. The standard InChI is InChI=1S/C24H27NO2/c1-3-14-27-23-7-5-4-6-19(23)17-25-21-12-13-22(25)16-24(26,15-21)20-10-8-18(2)9-11-20/h1,4-11,21-22,26H,12-17H2,2H3/t21-,22-/m0/s1. The summed E-state index contributed by atoms with van der Waals surface area (Å²) in [4.78, 5) is 2.56. The number of para-hydroxylation sites is 1. The van der Waals surface area contributed by atoms with Crippen LogP contribution in [-0.4, -0.2) is 28.7 Å². The number of ether oxygens (including phenoxy) is 1. The summed E-state index contributed by atoms with van der Waals surface area (Å²) in [5.74, 6) is 3.41. The molecule has 2 aliphatic heterocycles. The van der Waals surface area contributed by atoms with Crippen molar-refractivity contribution < 1.29 is 9.84 Å². The van der Waals surface area contributed by atoms with Gasteiger partial charge >= 0.3 is 0 Å². The van der Waals surface area contributed by atoms with Gasteiger partial charge in [-0.3, -0.25) is 4.90 Å². The molecule has 3 heteroatoms. The lowest BCUT2D eigenvalue weighted by atomic mass is 9.80. The highest BCUT2D eigenvalue weighted by Crippen LogP contribution is 2.46. The predicted octanol–water partition coefficient (Wildman–Crippen LogP) is 4.02. The van der Waals surface area contributed by atoms with E-state index in [0.29, 0.717) is 12.1 Å². The largest absolute Gasteiger partial charge is 0.481 e. The van der Waals surface area contributed by atoms with Crippen LogP contribution in [0.4, 0.5) is 0 Å². The molecule has 2 bridgehead atoms. The number of hydrogen-bond acceptors (Lipinski definition) is 3. The van der Waals surface area contributed by atoms with E-state index < -0.39 is 5.60 Å². The van der Waals surface area contributed by atoms with Gasteiger partial charge in [0.05, 0.1) is 5.60 Å². The summed E-state index contributed by atoms with van der Waals surface area (Å²) in [6, 6.07) is 17.3. The van der Waals surface area contributed by atoms with Crippen molar-refractivity contribution in [2.45, 2.75) is 56.8 Å². The zero-order chi connectivity index (χ0) is 18.9. The van der Waals surface area contributed by atoms with E-state index in [-0.39, 0.29) is 6.61 Å². The zero-order valence-electron chi connectivity index (χ0n) is 15.9. The van der Waals surface area contributed by atoms with Crippen molar-refractivity contribution >= 4 is 0 Å². The summed E-state index contributed by atoms with van der Waals surface area (Å²) in [7, 11) is 0. The normalized spacial score (nSPS) is 27.3. The molecule has 0 spiro atoms. The SMILES string of the molecule is C#CCOc1ccccc1CN1[C@H]2CC[C@H]1CC(O)(c1ccc(C)cc1)C2. The Morgan fingerprint density at radius 3 is 2.44 bits per heavy atom. The Bertz CT molecular complexity index is 822. The predicted molar refractivity (Wildman–Crippen MR) is 107 cm³/mol. The first-order valence-electron chi connectivity index (χ1n) is 9.78. The molecule has 0 amide bonds. The number of nitrogens with zero attached hydrogens (tertiary/aromatic N) is 1. The Labute approximate surface area is 162 Å². The van der Waals surface area contributed by atoms with Crippen molar-refractivity contribution in [2.75, 3.05) is 6.61 Å². The van der Waals surface area contributed by atoms with Crippen molar-refractivity contribution in [3.8, 4) is 18.1 Å². The third-order valence-corrected chi connectivity index (χ3v) is 6.14. The van der Waals surface area contributed by atoms with Gasteiger partial charge in [0, 0.05) is 24.2 Å². The fourth-order valence-electron chi connectivity index (χ4n) is 4.77. The first-order chi connectivity index (χ1) is 13.1. The number of rotatable bonds is 5. The Hall–Kier alpha value is -2.28. The smallest absolute Gasteiger partial charge is 0.148 e. The quantitative estimate of drug-likeness (QED) is 0.817. The molecule has 4 rings (SSSR count). The molecule has 0 radical (unpaired) electrons. The molecular formula is C24H27NO2. The van der Waals surface area contributed by atoms with Gasteiger partial charge in [-0.2, -0.15) is 0 Å². The van der Waals surface area contributed by atoms with Crippen molar-refractivity contribution in [2.24, 2.45) is 0 Å². The summed E-state index contributed by atoms with van der Waals surface area (Å²) < 4.78 is 5.73. The molecule has 2 saturated heterocycles. The maximum Gasteiger partial charge on any atom is 0.148 e. The molecule has 2 heterocycles. The van der Waals surface area contributed by atoms with E-state index in [0.717, 1.165) is 43.5 Å². The number of terminal acetylenes is 1. The first-order valence-corrected chi connectivity index (χ1v) is 9.78. The van der Waals surface area contributed by atoms with Crippen molar-refractivity contribution in [3.05, 3.63) is 65.2 Å². The molecule has 0 aliphatic carbocycles. The number of aliphatic hydroxyl groups is 1. The van der Waals surface area contributed by atoms with Crippen LogP contribution in [-0.2, 0) is 12.1 Å². The molecule has 0 saturated carbocycles. The molecule has 1 N–H and O–H groups in total. The van der Waals surface area contributed by atoms with Gasteiger partial charge < -0.3 is 9.84 Å².